The van der Waals surface area contributed by atoms with E-state index in [4.69, 9.17) is 16.4 Å². The topological polar surface area (TPSA) is 81.8 Å². The molecule has 108 valence electrons. The Bertz CT molecular complexity index is 726. The largest absolute Gasteiger partial charge is 0.365 e. The van der Waals surface area contributed by atoms with E-state index in [1.165, 1.54) is 29.5 Å². The summed E-state index contributed by atoms with van der Waals surface area (Å²) in [7, 11) is 0. The maximum atomic E-state index is 11.8. The summed E-state index contributed by atoms with van der Waals surface area (Å²) in [6.45, 7) is 1.67. The van der Waals surface area contributed by atoms with E-state index in [2.05, 4.69) is 5.16 Å². The second kappa shape index (κ2) is 6.47. The molecular weight excluding hydrogens is 316 g/mol. The van der Waals surface area contributed by atoms with E-state index in [1.807, 2.05) is 0 Å². The zero-order valence-electron chi connectivity index (χ0n) is 10.8. The summed E-state index contributed by atoms with van der Waals surface area (Å²) in [5, 5.41) is 14.4. The standard InChI is InChI=1S/C13H9ClN2O4S/c1-8(11-5-6-12(14)21-11)15-20-13(17)9-3-2-4-10(7-9)16(18)19/h2-7H,1H3. The second-order valence-corrected chi connectivity index (χ2v) is 5.68. The smallest absolute Gasteiger partial charge is 0.313 e. The van der Waals surface area contributed by atoms with Crippen molar-refractivity contribution in [3.8, 4) is 0 Å². The minimum Gasteiger partial charge on any atom is -0.313 e. The number of nitro benzene ring substituents is 1. The SMILES string of the molecule is CC(=NOC(=O)c1cccc([N+](=O)[O-])c1)c1ccc(Cl)s1. The highest BCUT2D eigenvalue weighted by Gasteiger charge is 2.13. The van der Waals surface area contributed by atoms with Crippen molar-refractivity contribution < 1.29 is 14.6 Å². The Kier molecular flexibility index (Phi) is 4.66. The normalized spacial score (nSPS) is 11.2. The highest BCUT2D eigenvalue weighted by molar-refractivity contribution is 7.18. The highest BCUT2D eigenvalue weighted by atomic mass is 35.5. The Morgan fingerprint density at radius 1 is 1.38 bits per heavy atom. The molecule has 6 nitrogen and oxygen atoms in total. The van der Waals surface area contributed by atoms with Crippen LogP contribution in [0.15, 0.2) is 41.6 Å². The minimum absolute atomic E-state index is 0.0601. The molecule has 0 radical (unpaired) electrons. The fraction of sp³-hybridized carbons (Fsp3) is 0.0769. The third-order valence-electron chi connectivity index (χ3n) is 2.49. The van der Waals surface area contributed by atoms with Gasteiger partial charge in [0.25, 0.3) is 5.69 Å². The van der Waals surface area contributed by atoms with Crippen LogP contribution in [0.25, 0.3) is 0 Å². The first-order valence-corrected chi connectivity index (χ1v) is 6.93. The number of hydrogen-bond donors (Lipinski definition) is 0. The number of nitrogens with zero attached hydrogens (tertiary/aromatic N) is 2. The van der Waals surface area contributed by atoms with Gasteiger partial charge in [0.2, 0.25) is 0 Å². The quantitative estimate of drug-likeness (QED) is 0.370. The van der Waals surface area contributed by atoms with E-state index >= 15 is 0 Å². The van der Waals surface area contributed by atoms with E-state index in [0.29, 0.717) is 10.0 Å². The van der Waals surface area contributed by atoms with Gasteiger partial charge in [-0.05, 0) is 25.1 Å². The summed E-state index contributed by atoms with van der Waals surface area (Å²) in [6, 6.07) is 8.72. The van der Waals surface area contributed by atoms with Crippen LogP contribution in [-0.2, 0) is 4.84 Å². The Hall–Kier alpha value is -2.25. The van der Waals surface area contributed by atoms with E-state index in [9.17, 15) is 14.9 Å². The fourth-order valence-corrected chi connectivity index (χ4v) is 2.44. The maximum Gasteiger partial charge on any atom is 0.365 e. The lowest BCUT2D eigenvalue weighted by molar-refractivity contribution is -0.384. The fourth-order valence-electron chi connectivity index (χ4n) is 1.46. The molecule has 0 fully saturated rings. The average Bonchev–Trinajstić information content (AvgIpc) is 2.91. The van der Waals surface area contributed by atoms with Gasteiger partial charge in [0.05, 0.1) is 25.4 Å². The molecule has 1 aromatic heterocycles. The molecule has 1 aromatic carbocycles. The molecule has 2 rings (SSSR count). The number of halogens is 1. The van der Waals surface area contributed by atoms with Crippen molar-refractivity contribution in [2.75, 3.05) is 0 Å². The van der Waals surface area contributed by atoms with Crippen LogP contribution in [0.3, 0.4) is 0 Å². The van der Waals surface area contributed by atoms with Crippen molar-refractivity contribution in [3.05, 3.63) is 61.3 Å². The first-order valence-electron chi connectivity index (χ1n) is 5.73. The molecule has 0 aliphatic carbocycles. The lowest BCUT2D eigenvalue weighted by Crippen LogP contribution is -2.03. The summed E-state index contributed by atoms with van der Waals surface area (Å²) >= 11 is 7.11. The molecule has 0 bridgehead atoms. The van der Waals surface area contributed by atoms with Crippen molar-refractivity contribution >= 4 is 40.3 Å². The van der Waals surface area contributed by atoms with Crippen LogP contribution in [0.4, 0.5) is 5.69 Å². The van der Waals surface area contributed by atoms with Crippen LogP contribution >= 0.6 is 22.9 Å². The lowest BCUT2D eigenvalue weighted by atomic mass is 10.2. The molecule has 0 N–H and O–H groups in total. The summed E-state index contributed by atoms with van der Waals surface area (Å²) in [5.74, 6) is -0.763. The van der Waals surface area contributed by atoms with E-state index in [-0.39, 0.29) is 11.3 Å². The minimum atomic E-state index is -0.763. The number of benzene rings is 1. The molecule has 2 aromatic rings. The van der Waals surface area contributed by atoms with Crippen LogP contribution in [0.5, 0.6) is 0 Å². The number of rotatable bonds is 4. The van der Waals surface area contributed by atoms with Crippen molar-refractivity contribution in [2.24, 2.45) is 5.16 Å². The molecule has 21 heavy (non-hydrogen) atoms. The third kappa shape index (κ3) is 3.87. The van der Waals surface area contributed by atoms with E-state index in [0.717, 1.165) is 10.9 Å². The molecule has 0 saturated carbocycles. The predicted octanol–water partition coefficient (Wildman–Crippen LogP) is 3.89. The first kappa shape index (κ1) is 15.1. The van der Waals surface area contributed by atoms with Crippen molar-refractivity contribution in [1.82, 2.24) is 0 Å². The number of carbonyl (C=O) groups excluding carboxylic acids is 1. The van der Waals surface area contributed by atoms with E-state index in [1.54, 1.807) is 19.1 Å². The zero-order chi connectivity index (χ0) is 15.4. The Labute approximate surface area is 128 Å². The number of nitro groups is 1. The predicted molar refractivity (Wildman–Crippen MR) is 80.1 cm³/mol. The molecule has 0 unspecified atom stereocenters. The second-order valence-electron chi connectivity index (χ2n) is 3.97. The summed E-state index contributed by atoms with van der Waals surface area (Å²) in [4.78, 5) is 27.4. The number of hydrogen-bond acceptors (Lipinski definition) is 6. The van der Waals surface area contributed by atoms with Gasteiger partial charge in [-0.2, -0.15) is 0 Å². The van der Waals surface area contributed by atoms with Crippen LogP contribution in [0, 0.1) is 10.1 Å². The van der Waals surface area contributed by atoms with Crippen molar-refractivity contribution in [2.45, 2.75) is 6.92 Å². The Morgan fingerprint density at radius 3 is 2.76 bits per heavy atom. The first-order chi connectivity index (χ1) is 9.97. The van der Waals surface area contributed by atoms with Crippen LogP contribution in [0.1, 0.15) is 22.2 Å². The molecule has 0 aliphatic heterocycles. The molecule has 0 amide bonds. The van der Waals surface area contributed by atoms with Gasteiger partial charge >= 0.3 is 5.97 Å². The average molecular weight is 325 g/mol. The number of oxime groups is 1. The van der Waals surface area contributed by atoms with Gasteiger partial charge in [-0.15, -0.1) is 11.3 Å². The van der Waals surface area contributed by atoms with Gasteiger partial charge in [-0.1, -0.05) is 22.8 Å². The van der Waals surface area contributed by atoms with Crippen molar-refractivity contribution in [1.29, 1.82) is 0 Å². The highest BCUT2D eigenvalue weighted by Crippen LogP contribution is 2.22. The van der Waals surface area contributed by atoms with Crippen LogP contribution in [-0.4, -0.2) is 16.6 Å². The van der Waals surface area contributed by atoms with Gasteiger partial charge in [0.1, 0.15) is 0 Å². The summed E-state index contributed by atoms with van der Waals surface area (Å²) in [5.41, 5.74) is 0.367. The monoisotopic (exact) mass is 324 g/mol. The van der Waals surface area contributed by atoms with Gasteiger partial charge in [-0.3, -0.25) is 10.1 Å². The number of thiophene rings is 1. The molecule has 0 aliphatic rings. The molecule has 0 saturated heterocycles. The molecule has 1 heterocycles. The molecule has 8 heteroatoms. The maximum absolute atomic E-state index is 11.8. The molecular formula is C13H9ClN2O4S. The van der Waals surface area contributed by atoms with Gasteiger partial charge in [-0.25, -0.2) is 4.79 Å². The number of non-ortho nitro benzene ring substituents is 1. The van der Waals surface area contributed by atoms with Gasteiger partial charge in [0.15, 0.2) is 0 Å². The molecule has 0 spiro atoms. The number of carbonyl (C=O) groups is 1. The van der Waals surface area contributed by atoms with Crippen LogP contribution in [0.2, 0.25) is 4.34 Å². The molecule has 0 atom stereocenters. The van der Waals surface area contributed by atoms with Crippen LogP contribution < -0.4 is 0 Å². The third-order valence-corrected chi connectivity index (χ3v) is 3.83. The lowest BCUT2D eigenvalue weighted by Gasteiger charge is -1.99. The summed E-state index contributed by atoms with van der Waals surface area (Å²) < 4.78 is 0.601. The Morgan fingerprint density at radius 2 is 2.14 bits per heavy atom. The zero-order valence-corrected chi connectivity index (χ0v) is 12.4. The van der Waals surface area contributed by atoms with Crippen molar-refractivity contribution in [3.63, 3.8) is 0 Å². The van der Waals surface area contributed by atoms with Gasteiger partial charge in [0, 0.05) is 12.1 Å². The Balaban J connectivity index is 2.11. The van der Waals surface area contributed by atoms with E-state index < -0.39 is 10.9 Å². The summed E-state index contributed by atoms with van der Waals surface area (Å²) in [6.07, 6.45) is 0. The van der Waals surface area contributed by atoms with Gasteiger partial charge < -0.3 is 4.84 Å².